The minimum atomic E-state index is -0.282. The number of carbonyl (C=O) groups is 2. The summed E-state index contributed by atoms with van der Waals surface area (Å²) >= 11 is 12.0. The Bertz CT molecular complexity index is 831. The van der Waals surface area contributed by atoms with Crippen LogP contribution in [-0.4, -0.2) is 60.0 Å². The van der Waals surface area contributed by atoms with Gasteiger partial charge in [0.15, 0.2) is 0 Å². The van der Waals surface area contributed by atoms with Gasteiger partial charge in [0.2, 0.25) is 5.91 Å². The first-order chi connectivity index (χ1) is 13.9. The van der Waals surface area contributed by atoms with E-state index < -0.39 is 0 Å². The fourth-order valence-electron chi connectivity index (χ4n) is 2.57. The highest BCUT2D eigenvalue weighted by atomic mass is 35.5. The Hall–Kier alpha value is -2.22. The molecule has 29 heavy (non-hydrogen) atoms. The molecule has 0 aliphatic rings. The molecule has 0 aliphatic carbocycles. The second-order valence-corrected chi connectivity index (χ2v) is 7.26. The molecule has 2 rings (SSSR count). The Morgan fingerprint density at radius 2 is 1.97 bits per heavy atom. The van der Waals surface area contributed by atoms with Crippen LogP contribution in [0.3, 0.4) is 0 Å². The summed E-state index contributed by atoms with van der Waals surface area (Å²) in [4.78, 5) is 34.6. The van der Waals surface area contributed by atoms with Crippen molar-refractivity contribution in [1.82, 2.24) is 20.2 Å². The van der Waals surface area contributed by atoms with Crippen LogP contribution in [0.5, 0.6) is 0 Å². The van der Waals surface area contributed by atoms with Crippen molar-refractivity contribution in [3.8, 4) is 0 Å². The Morgan fingerprint density at radius 3 is 2.62 bits per heavy atom. The molecule has 0 fully saturated rings. The molecule has 2 amide bonds. The zero-order valence-electron chi connectivity index (χ0n) is 16.5. The van der Waals surface area contributed by atoms with Gasteiger partial charge in [-0.2, -0.15) is 0 Å². The quantitative estimate of drug-likeness (QED) is 0.616. The number of ether oxygens (including phenoxy) is 1. The number of hydrogen-bond donors (Lipinski definition) is 1. The molecule has 1 N–H and O–H groups in total. The molecule has 0 unspecified atom stereocenters. The van der Waals surface area contributed by atoms with E-state index in [0.29, 0.717) is 36.2 Å². The number of nitrogens with zero attached hydrogens (tertiary/aromatic N) is 3. The molecule has 2 aromatic rings. The van der Waals surface area contributed by atoms with Gasteiger partial charge in [-0.3, -0.25) is 14.6 Å². The van der Waals surface area contributed by atoms with E-state index in [1.807, 2.05) is 6.07 Å². The van der Waals surface area contributed by atoms with Crippen LogP contribution in [0.2, 0.25) is 10.0 Å². The van der Waals surface area contributed by atoms with Crippen LogP contribution in [0, 0.1) is 6.92 Å². The Kier molecular flexibility index (Phi) is 9.31. The Morgan fingerprint density at radius 1 is 1.17 bits per heavy atom. The fourth-order valence-corrected chi connectivity index (χ4v) is 3.07. The third kappa shape index (κ3) is 7.61. The minimum Gasteiger partial charge on any atom is -0.383 e. The van der Waals surface area contributed by atoms with Gasteiger partial charge >= 0.3 is 0 Å². The van der Waals surface area contributed by atoms with Crippen LogP contribution < -0.4 is 5.32 Å². The third-order valence-corrected chi connectivity index (χ3v) is 4.78. The highest BCUT2D eigenvalue weighted by Gasteiger charge is 2.18. The highest BCUT2D eigenvalue weighted by molar-refractivity contribution is 6.35. The van der Waals surface area contributed by atoms with Crippen LogP contribution in [0.4, 0.5) is 0 Å². The predicted octanol–water partition coefficient (Wildman–Crippen LogP) is 2.93. The average molecular weight is 439 g/mol. The van der Waals surface area contributed by atoms with Gasteiger partial charge in [0.25, 0.3) is 5.91 Å². The SMILES string of the molecule is COCCN(CCC(=O)NCCc1ccc(Cl)cc1Cl)C(=O)c1cnc(C)cn1. The van der Waals surface area contributed by atoms with Crippen molar-refractivity contribution in [3.05, 3.63) is 57.6 Å². The summed E-state index contributed by atoms with van der Waals surface area (Å²) in [7, 11) is 1.56. The average Bonchev–Trinajstić information content (AvgIpc) is 2.70. The molecule has 0 saturated carbocycles. The molecule has 1 heterocycles. The molecule has 0 saturated heterocycles. The normalized spacial score (nSPS) is 10.6. The molecule has 156 valence electrons. The summed E-state index contributed by atoms with van der Waals surface area (Å²) in [6.07, 6.45) is 3.74. The standard InChI is InChI=1S/C20H24Cl2N4O3/c1-14-12-25-18(13-24-14)20(28)26(9-10-29-2)8-6-19(27)23-7-5-15-3-4-16(21)11-17(15)22/h3-4,11-13H,5-10H2,1-2H3,(H,23,27). The number of halogens is 2. The molecule has 1 aromatic heterocycles. The summed E-state index contributed by atoms with van der Waals surface area (Å²) in [5, 5.41) is 3.99. The summed E-state index contributed by atoms with van der Waals surface area (Å²) in [6.45, 7) is 3.21. The number of amides is 2. The second kappa shape index (κ2) is 11.7. The van der Waals surface area contributed by atoms with E-state index in [1.54, 1.807) is 31.1 Å². The fraction of sp³-hybridized carbons (Fsp3) is 0.400. The summed E-state index contributed by atoms with van der Waals surface area (Å²) in [6, 6.07) is 5.27. The molecule has 0 radical (unpaired) electrons. The van der Waals surface area contributed by atoms with Gasteiger partial charge < -0.3 is 15.0 Å². The lowest BCUT2D eigenvalue weighted by Crippen LogP contribution is -2.38. The van der Waals surface area contributed by atoms with Crippen molar-refractivity contribution in [2.24, 2.45) is 0 Å². The molecule has 7 nitrogen and oxygen atoms in total. The monoisotopic (exact) mass is 438 g/mol. The molecule has 0 atom stereocenters. The first-order valence-electron chi connectivity index (χ1n) is 9.18. The number of aromatic nitrogens is 2. The zero-order valence-corrected chi connectivity index (χ0v) is 18.0. The smallest absolute Gasteiger partial charge is 0.274 e. The van der Waals surface area contributed by atoms with E-state index in [1.165, 1.54) is 12.4 Å². The van der Waals surface area contributed by atoms with E-state index >= 15 is 0 Å². The zero-order chi connectivity index (χ0) is 21.2. The van der Waals surface area contributed by atoms with Crippen molar-refractivity contribution in [2.75, 3.05) is 33.4 Å². The lowest BCUT2D eigenvalue weighted by atomic mass is 10.1. The Labute approximate surface area is 180 Å². The number of benzene rings is 1. The summed E-state index contributed by atoms with van der Waals surface area (Å²) in [5.41, 5.74) is 1.88. The molecular weight excluding hydrogens is 415 g/mol. The van der Waals surface area contributed by atoms with Gasteiger partial charge in [0.1, 0.15) is 5.69 Å². The topological polar surface area (TPSA) is 84.4 Å². The largest absolute Gasteiger partial charge is 0.383 e. The van der Waals surface area contributed by atoms with Gasteiger partial charge in [-0.15, -0.1) is 0 Å². The van der Waals surface area contributed by atoms with Gasteiger partial charge in [0.05, 0.1) is 18.5 Å². The van der Waals surface area contributed by atoms with Crippen molar-refractivity contribution in [1.29, 1.82) is 0 Å². The third-order valence-electron chi connectivity index (χ3n) is 4.19. The van der Waals surface area contributed by atoms with Crippen LogP contribution in [0.15, 0.2) is 30.6 Å². The molecule has 1 aromatic carbocycles. The van der Waals surface area contributed by atoms with Gasteiger partial charge in [-0.05, 0) is 31.0 Å². The van der Waals surface area contributed by atoms with E-state index in [9.17, 15) is 9.59 Å². The number of rotatable bonds is 10. The van der Waals surface area contributed by atoms with E-state index in [-0.39, 0.29) is 30.5 Å². The van der Waals surface area contributed by atoms with Crippen molar-refractivity contribution in [3.63, 3.8) is 0 Å². The van der Waals surface area contributed by atoms with E-state index in [0.717, 1.165) is 11.3 Å². The highest BCUT2D eigenvalue weighted by Crippen LogP contribution is 2.21. The minimum absolute atomic E-state index is 0.153. The van der Waals surface area contributed by atoms with Crippen LogP contribution in [-0.2, 0) is 16.0 Å². The maximum absolute atomic E-state index is 12.6. The van der Waals surface area contributed by atoms with Crippen molar-refractivity contribution >= 4 is 35.0 Å². The first kappa shape index (κ1) is 23.1. The number of methoxy groups -OCH3 is 1. The van der Waals surface area contributed by atoms with E-state index in [2.05, 4.69) is 15.3 Å². The number of carbonyl (C=O) groups excluding carboxylic acids is 2. The van der Waals surface area contributed by atoms with Gasteiger partial charge in [-0.25, -0.2) is 4.98 Å². The van der Waals surface area contributed by atoms with Crippen LogP contribution in [0.25, 0.3) is 0 Å². The molecule has 0 spiro atoms. The number of aryl methyl sites for hydroxylation is 1. The first-order valence-corrected chi connectivity index (χ1v) is 9.93. The van der Waals surface area contributed by atoms with Crippen molar-refractivity contribution in [2.45, 2.75) is 19.8 Å². The predicted molar refractivity (Wildman–Crippen MR) is 112 cm³/mol. The molecule has 0 aliphatic heterocycles. The van der Waals surface area contributed by atoms with Crippen molar-refractivity contribution < 1.29 is 14.3 Å². The molecular formula is C20H24Cl2N4O3. The number of hydrogen-bond acceptors (Lipinski definition) is 5. The maximum atomic E-state index is 12.6. The van der Waals surface area contributed by atoms with E-state index in [4.69, 9.17) is 27.9 Å². The Balaban J connectivity index is 1.84. The second-order valence-electron chi connectivity index (χ2n) is 6.41. The molecule has 0 bridgehead atoms. The molecule has 9 heteroatoms. The summed E-state index contributed by atoms with van der Waals surface area (Å²) < 4.78 is 5.07. The maximum Gasteiger partial charge on any atom is 0.274 e. The van der Waals surface area contributed by atoms with Gasteiger partial charge in [-0.1, -0.05) is 29.3 Å². The number of nitrogens with one attached hydrogen (secondary N) is 1. The van der Waals surface area contributed by atoms with Crippen LogP contribution >= 0.6 is 23.2 Å². The summed E-state index contributed by atoms with van der Waals surface area (Å²) in [5.74, 6) is -0.435. The lowest BCUT2D eigenvalue weighted by molar-refractivity contribution is -0.121. The van der Waals surface area contributed by atoms with Crippen LogP contribution in [0.1, 0.15) is 28.2 Å². The lowest BCUT2D eigenvalue weighted by Gasteiger charge is -2.21. The van der Waals surface area contributed by atoms with Gasteiger partial charge in [0, 0.05) is 49.4 Å².